The molecule has 0 unspecified atom stereocenters. The van der Waals surface area contributed by atoms with Gasteiger partial charge in [0.25, 0.3) is 5.91 Å². The largest absolute Gasteiger partial charge is 0.457 e. The highest BCUT2D eigenvalue weighted by molar-refractivity contribution is 9.10. The molecule has 1 aliphatic heterocycles. The molecule has 5 nitrogen and oxygen atoms in total. The lowest BCUT2D eigenvalue weighted by atomic mass is 9.88. The number of anilines is 1. The highest BCUT2D eigenvalue weighted by atomic mass is 79.9. The van der Waals surface area contributed by atoms with Crippen LogP contribution in [0.3, 0.4) is 0 Å². The summed E-state index contributed by atoms with van der Waals surface area (Å²) in [5.41, 5.74) is 2.07. The Bertz CT molecular complexity index is 987. The van der Waals surface area contributed by atoms with Crippen molar-refractivity contribution in [2.45, 2.75) is 5.92 Å². The third kappa shape index (κ3) is 3.77. The fourth-order valence-electron chi connectivity index (χ4n) is 3.11. The molecule has 1 heterocycles. The zero-order valence-corrected chi connectivity index (χ0v) is 16.3. The van der Waals surface area contributed by atoms with Gasteiger partial charge in [0.2, 0.25) is 0 Å². The maximum atomic E-state index is 12.9. The van der Waals surface area contributed by atoms with Crippen LogP contribution in [0.2, 0.25) is 0 Å². The molecular formula is C22H16BrNO4. The van der Waals surface area contributed by atoms with E-state index in [-0.39, 0.29) is 6.61 Å². The van der Waals surface area contributed by atoms with E-state index in [1.165, 1.54) is 0 Å². The van der Waals surface area contributed by atoms with E-state index in [1.54, 1.807) is 12.1 Å². The Hall–Kier alpha value is -3.12. The van der Waals surface area contributed by atoms with Gasteiger partial charge in [-0.1, -0.05) is 52.3 Å². The molecule has 0 saturated carbocycles. The van der Waals surface area contributed by atoms with Gasteiger partial charge in [-0.3, -0.25) is 9.59 Å². The molecule has 1 amide bonds. The molecule has 0 aromatic heterocycles. The molecule has 6 heteroatoms. The van der Waals surface area contributed by atoms with Crippen molar-refractivity contribution in [1.29, 1.82) is 0 Å². The lowest BCUT2D eigenvalue weighted by molar-refractivity contribution is -0.148. The average Bonchev–Trinajstić information content (AvgIpc) is 2.72. The monoisotopic (exact) mass is 437 g/mol. The van der Waals surface area contributed by atoms with Crippen LogP contribution >= 0.6 is 15.9 Å². The number of nitrogens with one attached hydrogen (secondary N) is 1. The van der Waals surface area contributed by atoms with Gasteiger partial charge in [-0.2, -0.15) is 0 Å². The quantitative estimate of drug-likeness (QED) is 0.591. The SMILES string of the molecule is O=C(COC(=O)C1c2ccccc2Oc2ccccc21)Nc1ccc(Br)cc1. The Morgan fingerprint density at radius 3 is 2.07 bits per heavy atom. The molecule has 140 valence electrons. The fraction of sp³-hybridized carbons (Fsp3) is 0.0909. The molecule has 0 radical (unpaired) electrons. The minimum Gasteiger partial charge on any atom is -0.457 e. The number of ether oxygens (including phenoxy) is 2. The molecule has 1 aliphatic rings. The Labute approximate surface area is 170 Å². The van der Waals surface area contributed by atoms with Crippen molar-refractivity contribution in [3.63, 3.8) is 0 Å². The summed E-state index contributed by atoms with van der Waals surface area (Å²) in [6, 6.07) is 21.8. The fourth-order valence-corrected chi connectivity index (χ4v) is 3.38. The Kier molecular flexibility index (Phi) is 5.12. The van der Waals surface area contributed by atoms with E-state index < -0.39 is 17.8 Å². The lowest BCUT2D eigenvalue weighted by Gasteiger charge is -2.26. The minimum absolute atomic E-state index is 0.364. The summed E-state index contributed by atoms with van der Waals surface area (Å²) in [7, 11) is 0. The summed E-state index contributed by atoms with van der Waals surface area (Å²) in [6.07, 6.45) is 0. The summed E-state index contributed by atoms with van der Waals surface area (Å²) >= 11 is 3.34. The topological polar surface area (TPSA) is 64.6 Å². The highest BCUT2D eigenvalue weighted by Gasteiger charge is 2.33. The standard InChI is InChI=1S/C22H16BrNO4/c23-14-9-11-15(12-10-14)24-20(25)13-27-22(26)21-16-5-1-3-7-18(16)28-19-8-4-2-6-17(19)21/h1-12,21H,13H2,(H,24,25). The molecule has 3 aromatic carbocycles. The van der Waals surface area contributed by atoms with Gasteiger partial charge < -0.3 is 14.8 Å². The van der Waals surface area contributed by atoms with Crippen LogP contribution in [0.1, 0.15) is 17.0 Å². The minimum atomic E-state index is -0.637. The van der Waals surface area contributed by atoms with Crippen LogP contribution in [0, 0.1) is 0 Å². The van der Waals surface area contributed by atoms with Gasteiger partial charge in [-0.25, -0.2) is 0 Å². The third-order valence-corrected chi connectivity index (χ3v) is 4.92. The van der Waals surface area contributed by atoms with Gasteiger partial charge in [0.15, 0.2) is 6.61 Å². The number of para-hydroxylation sites is 2. The second kappa shape index (κ2) is 7.86. The molecule has 3 aromatic rings. The number of hydrogen-bond acceptors (Lipinski definition) is 4. The summed E-state index contributed by atoms with van der Waals surface area (Å²) in [4.78, 5) is 25.0. The number of amides is 1. The van der Waals surface area contributed by atoms with Crippen molar-refractivity contribution in [2.75, 3.05) is 11.9 Å². The number of benzene rings is 3. The maximum absolute atomic E-state index is 12.9. The van der Waals surface area contributed by atoms with Crippen LogP contribution in [0.15, 0.2) is 77.3 Å². The van der Waals surface area contributed by atoms with Gasteiger partial charge in [-0.15, -0.1) is 0 Å². The highest BCUT2D eigenvalue weighted by Crippen LogP contribution is 2.44. The summed E-state index contributed by atoms with van der Waals surface area (Å²) in [6.45, 7) is -0.364. The van der Waals surface area contributed by atoms with Gasteiger partial charge in [0.1, 0.15) is 17.4 Å². The van der Waals surface area contributed by atoms with Crippen molar-refractivity contribution >= 4 is 33.5 Å². The number of halogens is 1. The second-order valence-corrected chi connectivity index (χ2v) is 7.19. The van der Waals surface area contributed by atoms with Gasteiger partial charge in [0.05, 0.1) is 0 Å². The maximum Gasteiger partial charge on any atom is 0.318 e. The van der Waals surface area contributed by atoms with E-state index in [1.807, 2.05) is 60.7 Å². The summed E-state index contributed by atoms with van der Waals surface area (Å²) < 4.78 is 12.1. The normalized spacial score (nSPS) is 12.3. The number of hydrogen-bond donors (Lipinski definition) is 1. The second-order valence-electron chi connectivity index (χ2n) is 6.27. The molecule has 4 rings (SSSR count). The molecule has 0 spiro atoms. The van der Waals surface area contributed by atoms with Crippen LogP contribution < -0.4 is 10.1 Å². The molecule has 0 fully saturated rings. The van der Waals surface area contributed by atoms with E-state index in [0.717, 1.165) is 15.6 Å². The third-order valence-electron chi connectivity index (χ3n) is 4.39. The Morgan fingerprint density at radius 1 is 0.893 bits per heavy atom. The molecule has 0 bridgehead atoms. The van der Waals surface area contributed by atoms with Crippen LogP contribution in [-0.2, 0) is 14.3 Å². The number of carbonyl (C=O) groups excluding carboxylic acids is 2. The first-order chi connectivity index (χ1) is 13.6. The molecule has 0 aliphatic carbocycles. The van der Waals surface area contributed by atoms with Crippen LogP contribution in [0.4, 0.5) is 5.69 Å². The van der Waals surface area contributed by atoms with Crippen molar-refractivity contribution < 1.29 is 19.1 Å². The molecule has 1 N–H and O–H groups in total. The van der Waals surface area contributed by atoms with Gasteiger partial charge in [0, 0.05) is 21.3 Å². The van der Waals surface area contributed by atoms with Crippen molar-refractivity contribution in [1.82, 2.24) is 0 Å². The lowest BCUT2D eigenvalue weighted by Crippen LogP contribution is -2.26. The Morgan fingerprint density at radius 2 is 1.46 bits per heavy atom. The van der Waals surface area contributed by atoms with E-state index in [4.69, 9.17) is 9.47 Å². The number of esters is 1. The molecule has 28 heavy (non-hydrogen) atoms. The van der Waals surface area contributed by atoms with Crippen LogP contribution in [0.5, 0.6) is 11.5 Å². The van der Waals surface area contributed by atoms with Crippen molar-refractivity contribution in [3.8, 4) is 11.5 Å². The number of fused-ring (bicyclic) bond motifs is 2. The molecule has 0 atom stereocenters. The number of rotatable bonds is 4. The zero-order valence-electron chi connectivity index (χ0n) is 14.7. The smallest absolute Gasteiger partial charge is 0.318 e. The van der Waals surface area contributed by atoms with Crippen LogP contribution in [-0.4, -0.2) is 18.5 Å². The summed E-state index contributed by atoms with van der Waals surface area (Å²) in [5, 5.41) is 2.70. The first-order valence-electron chi connectivity index (χ1n) is 8.69. The summed E-state index contributed by atoms with van der Waals surface area (Å²) in [5.74, 6) is -0.301. The average molecular weight is 438 g/mol. The van der Waals surface area contributed by atoms with E-state index in [2.05, 4.69) is 21.2 Å². The van der Waals surface area contributed by atoms with Gasteiger partial charge >= 0.3 is 5.97 Å². The van der Waals surface area contributed by atoms with E-state index in [9.17, 15) is 9.59 Å². The first kappa shape index (κ1) is 18.3. The van der Waals surface area contributed by atoms with Crippen molar-refractivity contribution in [2.24, 2.45) is 0 Å². The zero-order chi connectivity index (χ0) is 19.5. The predicted octanol–water partition coefficient (Wildman–Crippen LogP) is 4.87. The predicted molar refractivity (Wildman–Crippen MR) is 109 cm³/mol. The van der Waals surface area contributed by atoms with E-state index >= 15 is 0 Å². The Balaban J connectivity index is 1.49. The van der Waals surface area contributed by atoms with E-state index in [0.29, 0.717) is 17.2 Å². The first-order valence-corrected chi connectivity index (χ1v) is 9.49. The molecule has 0 saturated heterocycles. The van der Waals surface area contributed by atoms with Crippen LogP contribution in [0.25, 0.3) is 0 Å². The molecular weight excluding hydrogens is 422 g/mol. The van der Waals surface area contributed by atoms with Crippen molar-refractivity contribution in [3.05, 3.63) is 88.4 Å². The number of carbonyl (C=O) groups is 2. The van der Waals surface area contributed by atoms with Gasteiger partial charge in [-0.05, 0) is 36.4 Å².